The summed E-state index contributed by atoms with van der Waals surface area (Å²) in [6.07, 6.45) is 4.65. The van der Waals surface area contributed by atoms with Gasteiger partial charge in [-0.3, -0.25) is 4.79 Å². The molecule has 1 saturated carbocycles. The summed E-state index contributed by atoms with van der Waals surface area (Å²) in [5.41, 5.74) is -0.657. The van der Waals surface area contributed by atoms with E-state index in [1.807, 2.05) is 11.4 Å². The van der Waals surface area contributed by atoms with Gasteiger partial charge in [0.15, 0.2) is 0 Å². The highest BCUT2D eigenvalue weighted by atomic mass is 35.5. The molecule has 1 aliphatic carbocycles. The van der Waals surface area contributed by atoms with Gasteiger partial charge in [0.25, 0.3) is 0 Å². The molecule has 1 fully saturated rings. The Morgan fingerprint density at radius 2 is 2.07 bits per heavy atom. The van der Waals surface area contributed by atoms with Crippen LogP contribution in [0.5, 0.6) is 0 Å². The molecule has 1 aromatic rings. The first kappa shape index (κ1) is 11.0. The number of thiophene rings is 1. The van der Waals surface area contributed by atoms with E-state index in [-0.39, 0.29) is 0 Å². The van der Waals surface area contributed by atoms with E-state index in [4.69, 9.17) is 11.6 Å². The van der Waals surface area contributed by atoms with Gasteiger partial charge >= 0.3 is 5.97 Å². The smallest absolute Gasteiger partial charge is 0.314 e. The SMILES string of the molecule is O=C(O)C1(c2cc(Cl)cs2)CCCCC1. The molecule has 0 unspecified atom stereocenters. The van der Waals surface area contributed by atoms with Crippen LogP contribution in [0, 0.1) is 0 Å². The molecule has 0 spiro atoms. The van der Waals surface area contributed by atoms with Crippen molar-refractivity contribution in [2.75, 3.05) is 0 Å². The Balaban J connectivity index is 2.37. The maximum atomic E-state index is 11.4. The summed E-state index contributed by atoms with van der Waals surface area (Å²) in [5, 5.41) is 11.9. The Labute approximate surface area is 97.9 Å². The molecule has 0 radical (unpaired) electrons. The minimum Gasteiger partial charge on any atom is -0.481 e. The molecule has 1 heterocycles. The summed E-state index contributed by atoms with van der Waals surface area (Å²) in [7, 11) is 0. The number of carbonyl (C=O) groups is 1. The fourth-order valence-electron chi connectivity index (χ4n) is 2.28. The Morgan fingerprint density at radius 1 is 1.40 bits per heavy atom. The van der Waals surface area contributed by atoms with E-state index in [1.165, 1.54) is 11.3 Å². The van der Waals surface area contributed by atoms with E-state index in [2.05, 4.69) is 0 Å². The van der Waals surface area contributed by atoms with Gasteiger partial charge < -0.3 is 5.11 Å². The second-order valence-electron chi connectivity index (χ2n) is 4.08. The minimum atomic E-state index is -0.694. The Kier molecular flexibility index (Phi) is 3.03. The number of hydrogen-bond donors (Lipinski definition) is 1. The van der Waals surface area contributed by atoms with Crippen LogP contribution in [0.2, 0.25) is 5.02 Å². The van der Waals surface area contributed by atoms with Crippen molar-refractivity contribution in [2.45, 2.75) is 37.5 Å². The Hall–Kier alpha value is -0.540. The zero-order valence-electron chi connectivity index (χ0n) is 8.33. The summed E-state index contributed by atoms with van der Waals surface area (Å²) in [5.74, 6) is -0.694. The fourth-order valence-corrected chi connectivity index (χ4v) is 3.61. The van der Waals surface area contributed by atoms with Gasteiger partial charge in [0.05, 0.1) is 5.02 Å². The minimum absolute atomic E-state index is 0.654. The largest absolute Gasteiger partial charge is 0.481 e. The van der Waals surface area contributed by atoms with Gasteiger partial charge in [0.2, 0.25) is 0 Å². The summed E-state index contributed by atoms with van der Waals surface area (Å²) in [4.78, 5) is 12.4. The lowest BCUT2D eigenvalue weighted by molar-refractivity contribution is -0.145. The molecule has 0 atom stereocenters. The molecule has 4 heteroatoms. The van der Waals surface area contributed by atoms with Gasteiger partial charge in [-0.25, -0.2) is 0 Å². The van der Waals surface area contributed by atoms with Crippen LogP contribution in [0.1, 0.15) is 37.0 Å². The molecule has 1 N–H and O–H groups in total. The standard InChI is InChI=1S/C11H13ClO2S/c12-8-6-9(15-7-8)11(10(13)14)4-2-1-3-5-11/h6-7H,1-5H2,(H,13,14). The van der Waals surface area contributed by atoms with Crippen LogP contribution in [0.4, 0.5) is 0 Å². The lowest BCUT2D eigenvalue weighted by Crippen LogP contribution is -2.36. The van der Waals surface area contributed by atoms with Crippen molar-refractivity contribution >= 4 is 28.9 Å². The predicted molar refractivity (Wildman–Crippen MR) is 61.7 cm³/mol. The normalized spacial score (nSPS) is 20.1. The molecule has 2 rings (SSSR count). The zero-order chi connectivity index (χ0) is 10.9. The van der Waals surface area contributed by atoms with Gasteiger partial charge in [0.1, 0.15) is 5.41 Å². The van der Waals surface area contributed by atoms with Crippen LogP contribution in [0.25, 0.3) is 0 Å². The van der Waals surface area contributed by atoms with Crippen LogP contribution in [0.15, 0.2) is 11.4 Å². The van der Waals surface area contributed by atoms with Gasteiger partial charge in [-0.15, -0.1) is 11.3 Å². The molecule has 82 valence electrons. The van der Waals surface area contributed by atoms with Crippen LogP contribution in [0.3, 0.4) is 0 Å². The average molecular weight is 245 g/mol. The predicted octanol–water partition coefficient (Wildman–Crippen LogP) is 3.69. The third-order valence-corrected chi connectivity index (χ3v) is 4.64. The monoisotopic (exact) mass is 244 g/mol. The second-order valence-corrected chi connectivity index (χ2v) is 5.42. The number of aliphatic carboxylic acids is 1. The van der Waals surface area contributed by atoms with Crippen molar-refractivity contribution in [3.63, 3.8) is 0 Å². The van der Waals surface area contributed by atoms with Crippen LogP contribution in [-0.2, 0) is 10.2 Å². The first-order chi connectivity index (χ1) is 7.15. The highest BCUT2D eigenvalue weighted by Crippen LogP contribution is 2.43. The van der Waals surface area contributed by atoms with Crippen LogP contribution < -0.4 is 0 Å². The van der Waals surface area contributed by atoms with Crippen molar-refractivity contribution in [2.24, 2.45) is 0 Å². The molecule has 0 aromatic carbocycles. The van der Waals surface area contributed by atoms with E-state index in [1.54, 1.807) is 0 Å². The molecular formula is C11H13ClO2S. The van der Waals surface area contributed by atoms with Crippen molar-refractivity contribution in [1.29, 1.82) is 0 Å². The van der Waals surface area contributed by atoms with Crippen molar-refractivity contribution in [1.82, 2.24) is 0 Å². The number of carboxylic acid groups (broad SMARTS) is 1. The van der Waals surface area contributed by atoms with Crippen LogP contribution in [-0.4, -0.2) is 11.1 Å². The second kappa shape index (κ2) is 4.14. The van der Waals surface area contributed by atoms with E-state index >= 15 is 0 Å². The Bertz CT molecular complexity index is 366. The molecule has 0 bridgehead atoms. The van der Waals surface area contributed by atoms with E-state index in [9.17, 15) is 9.90 Å². The number of carboxylic acids is 1. The first-order valence-electron chi connectivity index (χ1n) is 5.13. The van der Waals surface area contributed by atoms with E-state index in [0.29, 0.717) is 5.02 Å². The van der Waals surface area contributed by atoms with Crippen LogP contribution >= 0.6 is 22.9 Å². The van der Waals surface area contributed by atoms with Gasteiger partial charge in [-0.05, 0) is 18.9 Å². The first-order valence-corrected chi connectivity index (χ1v) is 6.39. The van der Waals surface area contributed by atoms with Crippen molar-refractivity contribution in [3.8, 4) is 0 Å². The molecule has 0 amide bonds. The summed E-state index contributed by atoms with van der Waals surface area (Å²) in [6, 6.07) is 1.81. The lowest BCUT2D eigenvalue weighted by atomic mass is 9.73. The highest BCUT2D eigenvalue weighted by molar-refractivity contribution is 7.10. The maximum absolute atomic E-state index is 11.4. The van der Waals surface area contributed by atoms with E-state index in [0.717, 1.165) is 37.0 Å². The van der Waals surface area contributed by atoms with Gasteiger partial charge in [-0.1, -0.05) is 30.9 Å². The summed E-state index contributed by atoms with van der Waals surface area (Å²) >= 11 is 7.33. The maximum Gasteiger partial charge on any atom is 0.314 e. The zero-order valence-corrected chi connectivity index (χ0v) is 9.90. The lowest BCUT2D eigenvalue weighted by Gasteiger charge is -2.32. The molecule has 1 aromatic heterocycles. The summed E-state index contributed by atoms with van der Waals surface area (Å²) < 4.78 is 0. The molecule has 1 aliphatic rings. The van der Waals surface area contributed by atoms with Crippen molar-refractivity contribution < 1.29 is 9.90 Å². The third-order valence-electron chi connectivity index (χ3n) is 3.16. The molecule has 0 aliphatic heterocycles. The molecule has 15 heavy (non-hydrogen) atoms. The molecule has 2 nitrogen and oxygen atoms in total. The average Bonchev–Trinajstić information content (AvgIpc) is 2.66. The molecular weight excluding hydrogens is 232 g/mol. The number of halogens is 1. The third kappa shape index (κ3) is 1.91. The fraction of sp³-hybridized carbons (Fsp3) is 0.545. The van der Waals surface area contributed by atoms with E-state index < -0.39 is 11.4 Å². The highest BCUT2D eigenvalue weighted by Gasteiger charge is 2.42. The van der Waals surface area contributed by atoms with Gasteiger partial charge in [-0.2, -0.15) is 0 Å². The van der Waals surface area contributed by atoms with Crippen molar-refractivity contribution in [3.05, 3.63) is 21.3 Å². The number of rotatable bonds is 2. The van der Waals surface area contributed by atoms with Gasteiger partial charge in [0, 0.05) is 10.3 Å². The topological polar surface area (TPSA) is 37.3 Å². The quantitative estimate of drug-likeness (QED) is 0.862. The molecule has 0 saturated heterocycles. The summed E-state index contributed by atoms with van der Waals surface area (Å²) in [6.45, 7) is 0. The Morgan fingerprint density at radius 3 is 2.53 bits per heavy atom. The number of hydrogen-bond acceptors (Lipinski definition) is 2.